The fourth-order valence-electron chi connectivity index (χ4n) is 1.94. The first-order chi connectivity index (χ1) is 10.1. The van der Waals surface area contributed by atoms with Crippen LogP contribution in [0.25, 0.3) is 0 Å². The number of nitrogens with one attached hydrogen (secondary N) is 2. The summed E-state index contributed by atoms with van der Waals surface area (Å²) in [6, 6.07) is 8.89. The van der Waals surface area contributed by atoms with Gasteiger partial charge in [-0.1, -0.05) is 12.1 Å². The van der Waals surface area contributed by atoms with Gasteiger partial charge in [-0.25, -0.2) is 0 Å². The van der Waals surface area contributed by atoms with Gasteiger partial charge in [0.15, 0.2) is 5.43 Å². The van der Waals surface area contributed by atoms with Crippen LogP contribution in [0.2, 0.25) is 0 Å². The minimum absolute atomic E-state index is 0.113. The Morgan fingerprint density at radius 2 is 2.14 bits per heavy atom. The molecule has 110 valence electrons. The molecule has 2 N–H and O–H groups in total. The Morgan fingerprint density at radius 3 is 2.86 bits per heavy atom. The predicted molar refractivity (Wildman–Crippen MR) is 80.6 cm³/mol. The van der Waals surface area contributed by atoms with E-state index in [1.165, 1.54) is 12.3 Å². The van der Waals surface area contributed by atoms with Crippen molar-refractivity contribution in [2.24, 2.45) is 0 Å². The number of ether oxygens (including phenoxy) is 1. The number of benzene rings is 1. The summed E-state index contributed by atoms with van der Waals surface area (Å²) in [6.45, 7) is 4.61. The first kappa shape index (κ1) is 14.8. The largest absolute Gasteiger partial charge is 0.494 e. The third-order valence-electron chi connectivity index (χ3n) is 2.96. The number of aromatic nitrogens is 1. The summed E-state index contributed by atoms with van der Waals surface area (Å²) in [7, 11) is 0. The summed E-state index contributed by atoms with van der Waals surface area (Å²) in [5.41, 5.74) is 1.46. The number of hydrogen-bond donors (Lipinski definition) is 2. The van der Waals surface area contributed by atoms with Crippen LogP contribution < -0.4 is 15.5 Å². The van der Waals surface area contributed by atoms with Crippen molar-refractivity contribution in [1.82, 2.24) is 10.3 Å². The fraction of sp³-hybridized carbons (Fsp3) is 0.250. The number of aromatic amines is 1. The minimum Gasteiger partial charge on any atom is -0.494 e. The van der Waals surface area contributed by atoms with E-state index in [0.29, 0.717) is 13.2 Å². The van der Waals surface area contributed by atoms with E-state index < -0.39 is 5.91 Å². The second-order valence-electron chi connectivity index (χ2n) is 4.66. The van der Waals surface area contributed by atoms with E-state index in [-0.39, 0.29) is 11.0 Å². The molecule has 1 amide bonds. The van der Waals surface area contributed by atoms with Gasteiger partial charge in [-0.15, -0.1) is 0 Å². The van der Waals surface area contributed by atoms with Gasteiger partial charge in [0.25, 0.3) is 5.91 Å². The average molecular weight is 286 g/mol. The van der Waals surface area contributed by atoms with Crippen LogP contribution in [-0.2, 0) is 6.54 Å². The lowest BCUT2D eigenvalue weighted by atomic mass is 10.2. The normalized spacial score (nSPS) is 10.2. The van der Waals surface area contributed by atoms with Crippen LogP contribution in [0.3, 0.4) is 0 Å². The number of carbonyl (C=O) groups is 1. The molecule has 5 heteroatoms. The molecule has 0 saturated heterocycles. The number of H-pyrrole nitrogens is 1. The minimum atomic E-state index is -0.391. The van der Waals surface area contributed by atoms with E-state index in [0.717, 1.165) is 17.0 Å². The van der Waals surface area contributed by atoms with Crippen molar-refractivity contribution in [3.63, 3.8) is 0 Å². The number of amides is 1. The lowest BCUT2D eigenvalue weighted by molar-refractivity contribution is 0.0949. The molecule has 0 fully saturated rings. The second-order valence-corrected chi connectivity index (χ2v) is 4.66. The van der Waals surface area contributed by atoms with Gasteiger partial charge >= 0.3 is 0 Å². The molecule has 0 saturated carbocycles. The van der Waals surface area contributed by atoms with Gasteiger partial charge in [0.2, 0.25) is 0 Å². The number of pyridine rings is 1. The van der Waals surface area contributed by atoms with Crippen LogP contribution in [0.4, 0.5) is 0 Å². The summed E-state index contributed by atoms with van der Waals surface area (Å²) in [4.78, 5) is 26.6. The van der Waals surface area contributed by atoms with Gasteiger partial charge in [-0.05, 0) is 31.5 Å². The highest BCUT2D eigenvalue weighted by molar-refractivity contribution is 5.93. The Hall–Kier alpha value is -2.56. The molecule has 0 bridgehead atoms. The molecule has 2 rings (SSSR count). The fourth-order valence-corrected chi connectivity index (χ4v) is 1.94. The quantitative estimate of drug-likeness (QED) is 0.883. The molecule has 0 aliphatic rings. The van der Waals surface area contributed by atoms with Crippen LogP contribution >= 0.6 is 0 Å². The molecular weight excluding hydrogens is 268 g/mol. The predicted octanol–water partition coefficient (Wildman–Crippen LogP) is 2.01. The highest BCUT2D eigenvalue weighted by atomic mass is 16.5. The third-order valence-corrected chi connectivity index (χ3v) is 2.96. The molecule has 0 radical (unpaired) electrons. The Balaban J connectivity index is 2.04. The van der Waals surface area contributed by atoms with Crippen molar-refractivity contribution in [2.75, 3.05) is 6.61 Å². The first-order valence-corrected chi connectivity index (χ1v) is 6.79. The molecule has 1 aromatic heterocycles. The molecule has 1 aromatic carbocycles. The Morgan fingerprint density at radius 1 is 1.33 bits per heavy atom. The van der Waals surface area contributed by atoms with Crippen LogP contribution in [0.5, 0.6) is 5.75 Å². The number of hydrogen-bond acceptors (Lipinski definition) is 3. The zero-order valence-electron chi connectivity index (χ0n) is 12.1. The average Bonchev–Trinajstić information content (AvgIpc) is 2.45. The van der Waals surface area contributed by atoms with Gasteiger partial charge in [0, 0.05) is 24.5 Å². The molecule has 1 heterocycles. The molecule has 0 aliphatic heterocycles. The van der Waals surface area contributed by atoms with E-state index in [2.05, 4.69) is 10.3 Å². The highest BCUT2D eigenvalue weighted by Gasteiger charge is 2.09. The Labute approximate surface area is 123 Å². The van der Waals surface area contributed by atoms with Gasteiger partial charge < -0.3 is 15.0 Å². The SMILES string of the molecule is CCOc1cccc(CNC(=O)c2c[nH]c(C)cc2=O)c1. The summed E-state index contributed by atoms with van der Waals surface area (Å²) < 4.78 is 5.40. The van der Waals surface area contributed by atoms with Crippen LogP contribution in [-0.4, -0.2) is 17.5 Å². The van der Waals surface area contributed by atoms with E-state index >= 15 is 0 Å². The molecule has 0 atom stereocenters. The Bertz CT molecular complexity index is 692. The van der Waals surface area contributed by atoms with Gasteiger partial charge in [-0.2, -0.15) is 0 Å². The monoisotopic (exact) mass is 286 g/mol. The smallest absolute Gasteiger partial charge is 0.257 e. The van der Waals surface area contributed by atoms with Crippen molar-refractivity contribution in [2.45, 2.75) is 20.4 Å². The lowest BCUT2D eigenvalue weighted by Crippen LogP contribution is -2.28. The summed E-state index contributed by atoms with van der Waals surface area (Å²) in [5, 5.41) is 2.73. The van der Waals surface area contributed by atoms with Crippen LogP contribution in [0.1, 0.15) is 28.5 Å². The van der Waals surface area contributed by atoms with Crippen molar-refractivity contribution in [3.8, 4) is 5.75 Å². The molecular formula is C16H18N2O3. The van der Waals surface area contributed by atoms with Crippen molar-refractivity contribution in [1.29, 1.82) is 0 Å². The van der Waals surface area contributed by atoms with E-state index in [1.807, 2.05) is 31.2 Å². The molecule has 0 spiro atoms. The van der Waals surface area contributed by atoms with E-state index in [1.54, 1.807) is 6.92 Å². The molecule has 0 aliphatic carbocycles. The van der Waals surface area contributed by atoms with Crippen LogP contribution in [0, 0.1) is 6.92 Å². The molecule has 21 heavy (non-hydrogen) atoms. The zero-order valence-corrected chi connectivity index (χ0v) is 12.1. The Kier molecular flexibility index (Phi) is 4.77. The maximum atomic E-state index is 12.0. The van der Waals surface area contributed by atoms with Gasteiger partial charge in [0.1, 0.15) is 11.3 Å². The highest BCUT2D eigenvalue weighted by Crippen LogP contribution is 2.13. The second kappa shape index (κ2) is 6.74. The van der Waals surface area contributed by atoms with E-state index in [9.17, 15) is 9.59 Å². The standard InChI is InChI=1S/C16H18N2O3/c1-3-21-13-6-4-5-12(8-13)9-18-16(20)14-10-17-11(2)7-15(14)19/h4-8,10H,3,9H2,1-2H3,(H,17,19)(H,18,20). The zero-order chi connectivity index (χ0) is 15.2. The number of aryl methyl sites for hydroxylation is 1. The van der Waals surface area contributed by atoms with Crippen LogP contribution in [0.15, 0.2) is 41.3 Å². The summed E-state index contributed by atoms with van der Waals surface area (Å²) in [5.74, 6) is 0.371. The lowest BCUT2D eigenvalue weighted by Gasteiger charge is -2.08. The van der Waals surface area contributed by atoms with E-state index in [4.69, 9.17) is 4.74 Å². The van der Waals surface area contributed by atoms with Crippen molar-refractivity contribution in [3.05, 3.63) is 63.6 Å². The van der Waals surface area contributed by atoms with Crippen molar-refractivity contribution < 1.29 is 9.53 Å². The number of carbonyl (C=O) groups excluding carboxylic acids is 1. The topological polar surface area (TPSA) is 71.2 Å². The molecule has 5 nitrogen and oxygen atoms in total. The maximum Gasteiger partial charge on any atom is 0.257 e. The summed E-state index contributed by atoms with van der Waals surface area (Å²) in [6.07, 6.45) is 1.43. The third kappa shape index (κ3) is 3.95. The van der Waals surface area contributed by atoms with Gasteiger partial charge in [-0.3, -0.25) is 9.59 Å². The molecule has 2 aromatic rings. The maximum absolute atomic E-state index is 12.0. The summed E-state index contributed by atoms with van der Waals surface area (Å²) >= 11 is 0. The first-order valence-electron chi connectivity index (χ1n) is 6.79. The number of rotatable bonds is 5. The molecule has 0 unspecified atom stereocenters. The van der Waals surface area contributed by atoms with Crippen molar-refractivity contribution >= 4 is 5.91 Å². The van der Waals surface area contributed by atoms with Gasteiger partial charge in [0.05, 0.1) is 6.61 Å².